The van der Waals surface area contributed by atoms with Crippen molar-refractivity contribution in [3.8, 4) is 0 Å². The van der Waals surface area contributed by atoms with Gasteiger partial charge in [-0.25, -0.2) is 0 Å². The van der Waals surface area contributed by atoms with E-state index in [0.29, 0.717) is 6.10 Å². The number of hydrogen-bond acceptors (Lipinski definition) is 1. The molecule has 0 aromatic carbocycles. The highest BCUT2D eigenvalue weighted by atomic mass is 16.5. The maximum absolute atomic E-state index is 7.43. The minimum atomic E-state index is 0.142. The van der Waals surface area contributed by atoms with Crippen LogP contribution in [0.2, 0.25) is 0 Å². The molecule has 0 aliphatic heterocycles. The third-order valence-corrected chi connectivity index (χ3v) is 1.96. The summed E-state index contributed by atoms with van der Waals surface area (Å²) in [5.74, 6) is 0. The van der Waals surface area contributed by atoms with Gasteiger partial charge in [0.1, 0.15) is 0 Å². The maximum atomic E-state index is 7.43. The Morgan fingerprint density at radius 1 is 1.44 bits per heavy atom. The summed E-state index contributed by atoms with van der Waals surface area (Å²) in [5, 5.41) is 0. The molecule has 0 saturated heterocycles. The van der Waals surface area contributed by atoms with Crippen LogP contribution in [-0.4, -0.2) is 19.3 Å². The zero-order chi connectivity index (χ0) is 6.69. The topological polar surface area (TPSA) is 33.0 Å². The zero-order valence-corrected chi connectivity index (χ0v) is 5.89. The SMILES string of the molecule is CO[C@@H]1CCC[C@H]([NH])C1. The Bertz CT molecular complexity index is 85.0. The monoisotopic (exact) mass is 128 g/mol. The van der Waals surface area contributed by atoms with Crippen LogP contribution in [0.4, 0.5) is 0 Å². The molecule has 2 heteroatoms. The van der Waals surface area contributed by atoms with Crippen LogP contribution in [0, 0.1) is 0 Å². The number of hydrogen-bond donors (Lipinski definition) is 0. The highest BCUT2D eigenvalue weighted by molar-refractivity contribution is 4.74. The minimum absolute atomic E-state index is 0.142. The van der Waals surface area contributed by atoms with Crippen LogP contribution in [0.15, 0.2) is 0 Å². The molecule has 2 atom stereocenters. The van der Waals surface area contributed by atoms with Crippen LogP contribution in [0.5, 0.6) is 0 Å². The fourth-order valence-electron chi connectivity index (χ4n) is 1.36. The van der Waals surface area contributed by atoms with Gasteiger partial charge >= 0.3 is 0 Å². The van der Waals surface area contributed by atoms with E-state index in [-0.39, 0.29) is 6.04 Å². The Hall–Kier alpha value is -0.0800. The molecule has 0 amide bonds. The molecule has 0 aromatic heterocycles. The lowest BCUT2D eigenvalue weighted by molar-refractivity contribution is 0.0635. The molecule has 1 N–H and O–H groups in total. The van der Waals surface area contributed by atoms with E-state index >= 15 is 0 Å². The third kappa shape index (κ3) is 1.95. The first-order valence-corrected chi connectivity index (χ1v) is 3.57. The molecule has 1 radical (unpaired) electrons. The highest BCUT2D eigenvalue weighted by Gasteiger charge is 2.18. The van der Waals surface area contributed by atoms with Crippen LogP contribution < -0.4 is 5.73 Å². The van der Waals surface area contributed by atoms with Crippen molar-refractivity contribution in [1.82, 2.24) is 5.73 Å². The summed E-state index contributed by atoms with van der Waals surface area (Å²) in [5.41, 5.74) is 7.43. The van der Waals surface area contributed by atoms with Crippen molar-refractivity contribution in [3.63, 3.8) is 0 Å². The average molecular weight is 128 g/mol. The lowest BCUT2D eigenvalue weighted by Crippen LogP contribution is -2.25. The summed E-state index contributed by atoms with van der Waals surface area (Å²) >= 11 is 0. The van der Waals surface area contributed by atoms with Gasteiger partial charge in [-0.3, -0.25) is 5.73 Å². The summed E-state index contributed by atoms with van der Waals surface area (Å²) in [6.45, 7) is 0. The van der Waals surface area contributed by atoms with Gasteiger partial charge in [0.2, 0.25) is 0 Å². The fourth-order valence-corrected chi connectivity index (χ4v) is 1.36. The Kier molecular flexibility index (Phi) is 2.49. The smallest absolute Gasteiger partial charge is 0.0586 e. The van der Waals surface area contributed by atoms with Crippen molar-refractivity contribution >= 4 is 0 Å². The molecule has 1 fully saturated rings. The Balaban J connectivity index is 2.23. The van der Waals surface area contributed by atoms with Gasteiger partial charge in [-0.2, -0.15) is 0 Å². The fraction of sp³-hybridized carbons (Fsp3) is 1.00. The van der Waals surface area contributed by atoms with Gasteiger partial charge in [0, 0.05) is 13.2 Å². The molecule has 1 rings (SSSR count). The molecule has 9 heavy (non-hydrogen) atoms. The van der Waals surface area contributed by atoms with Crippen LogP contribution in [0.3, 0.4) is 0 Å². The van der Waals surface area contributed by atoms with Crippen molar-refractivity contribution in [1.29, 1.82) is 0 Å². The van der Waals surface area contributed by atoms with E-state index in [1.807, 2.05) is 0 Å². The average Bonchev–Trinajstić information content (AvgIpc) is 1.88. The predicted molar refractivity (Wildman–Crippen MR) is 36.1 cm³/mol. The summed E-state index contributed by atoms with van der Waals surface area (Å²) < 4.78 is 5.14. The Labute approximate surface area is 56.4 Å². The summed E-state index contributed by atoms with van der Waals surface area (Å²) in [4.78, 5) is 0. The second kappa shape index (κ2) is 3.18. The predicted octanol–water partition coefficient (Wildman–Crippen LogP) is 1.23. The van der Waals surface area contributed by atoms with E-state index in [1.54, 1.807) is 7.11 Å². The quantitative estimate of drug-likeness (QED) is 0.522. The highest BCUT2D eigenvalue weighted by Crippen LogP contribution is 2.19. The molecule has 1 saturated carbocycles. The zero-order valence-electron chi connectivity index (χ0n) is 5.89. The standard InChI is InChI=1S/C7H14NO/c1-9-7-4-2-3-6(8)5-7/h6-8H,2-5H2,1H3/t6-,7+/m0/s1. The van der Waals surface area contributed by atoms with E-state index in [2.05, 4.69) is 0 Å². The number of nitrogens with one attached hydrogen (secondary N) is 1. The molecule has 0 bridgehead atoms. The second-order valence-corrected chi connectivity index (χ2v) is 2.72. The number of methoxy groups -OCH3 is 1. The van der Waals surface area contributed by atoms with Gasteiger partial charge in [-0.05, 0) is 25.7 Å². The molecule has 2 nitrogen and oxygen atoms in total. The van der Waals surface area contributed by atoms with Gasteiger partial charge in [0.15, 0.2) is 0 Å². The minimum Gasteiger partial charge on any atom is -0.381 e. The second-order valence-electron chi connectivity index (χ2n) is 2.72. The lowest BCUT2D eigenvalue weighted by Gasteiger charge is -2.24. The summed E-state index contributed by atoms with van der Waals surface area (Å²) in [6.07, 6.45) is 4.72. The maximum Gasteiger partial charge on any atom is 0.0586 e. The Morgan fingerprint density at radius 3 is 2.67 bits per heavy atom. The number of ether oxygens (including phenoxy) is 1. The van der Waals surface area contributed by atoms with Crippen LogP contribution >= 0.6 is 0 Å². The van der Waals surface area contributed by atoms with Crippen LogP contribution in [0.1, 0.15) is 25.7 Å². The molecular formula is C7H14NO. The number of rotatable bonds is 1. The molecule has 0 aromatic rings. The van der Waals surface area contributed by atoms with Gasteiger partial charge in [-0.15, -0.1) is 0 Å². The van der Waals surface area contributed by atoms with Gasteiger partial charge in [-0.1, -0.05) is 0 Å². The molecule has 53 valence electrons. The van der Waals surface area contributed by atoms with E-state index in [9.17, 15) is 0 Å². The van der Waals surface area contributed by atoms with Crippen LogP contribution in [0.25, 0.3) is 0 Å². The summed E-state index contributed by atoms with van der Waals surface area (Å²) in [7, 11) is 1.74. The van der Waals surface area contributed by atoms with Crippen molar-refractivity contribution in [3.05, 3.63) is 0 Å². The molecular weight excluding hydrogens is 114 g/mol. The van der Waals surface area contributed by atoms with Gasteiger partial charge in [0.05, 0.1) is 6.10 Å². The van der Waals surface area contributed by atoms with Gasteiger partial charge < -0.3 is 4.74 Å². The van der Waals surface area contributed by atoms with Crippen molar-refractivity contribution in [2.75, 3.05) is 7.11 Å². The van der Waals surface area contributed by atoms with Crippen molar-refractivity contribution < 1.29 is 4.74 Å². The molecule has 0 unspecified atom stereocenters. The first-order chi connectivity index (χ1) is 4.33. The van der Waals surface area contributed by atoms with E-state index in [0.717, 1.165) is 19.3 Å². The van der Waals surface area contributed by atoms with Crippen molar-refractivity contribution in [2.24, 2.45) is 0 Å². The largest absolute Gasteiger partial charge is 0.381 e. The molecule has 1 aliphatic carbocycles. The first-order valence-electron chi connectivity index (χ1n) is 3.57. The van der Waals surface area contributed by atoms with Crippen molar-refractivity contribution in [2.45, 2.75) is 37.8 Å². The Morgan fingerprint density at radius 2 is 2.22 bits per heavy atom. The molecule has 0 heterocycles. The summed E-state index contributed by atoms with van der Waals surface area (Å²) in [6, 6.07) is 0.142. The van der Waals surface area contributed by atoms with Gasteiger partial charge in [0.25, 0.3) is 0 Å². The first kappa shape index (κ1) is 7.03. The van der Waals surface area contributed by atoms with E-state index in [1.165, 1.54) is 6.42 Å². The molecule has 1 aliphatic rings. The normalized spacial score (nSPS) is 36.7. The third-order valence-electron chi connectivity index (χ3n) is 1.96. The van der Waals surface area contributed by atoms with E-state index in [4.69, 9.17) is 10.5 Å². The molecule has 0 spiro atoms. The van der Waals surface area contributed by atoms with E-state index < -0.39 is 0 Å². The van der Waals surface area contributed by atoms with Crippen LogP contribution in [-0.2, 0) is 4.74 Å². The lowest BCUT2D eigenvalue weighted by atomic mass is 9.94.